The molecule has 3 aromatic carbocycles. The van der Waals surface area contributed by atoms with Crippen molar-refractivity contribution in [1.82, 2.24) is 87.2 Å². The third-order valence-electron chi connectivity index (χ3n) is 26.1. The van der Waals surface area contributed by atoms with Crippen molar-refractivity contribution >= 4 is 146 Å². The number of benzene rings is 3. The predicted octanol–water partition coefficient (Wildman–Crippen LogP) is 1.19. The molecule has 43 nitrogen and oxygen atoms in total. The largest absolute Gasteiger partial charge is 0.508 e. The van der Waals surface area contributed by atoms with Crippen molar-refractivity contribution in [3.05, 3.63) is 102 Å². The Hall–Kier alpha value is -13.3. The van der Waals surface area contributed by atoms with Gasteiger partial charge in [0.25, 0.3) is 0 Å². The average molecular weight is 2020 g/mol. The number of H-pyrrole nitrogens is 1. The summed E-state index contributed by atoms with van der Waals surface area (Å²) in [6, 6.07) is -2.95. The van der Waals surface area contributed by atoms with Crippen LogP contribution in [-0.2, 0) is 117 Å². The second-order valence-corrected chi connectivity index (χ2v) is 38.6. The summed E-state index contributed by atoms with van der Waals surface area (Å²) in [4.78, 5) is 283. The topological polar surface area (TPSA) is 635 Å². The minimum Gasteiger partial charge on any atom is -0.508 e. The molecule has 0 aliphatic carbocycles. The molecule has 5 aromatic rings. The third-order valence-corrected chi connectivity index (χ3v) is 27.2. The van der Waals surface area contributed by atoms with Crippen molar-refractivity contribution in [1.29, 1.82) is 0 Å². The number of aliphatic carboxylic acids is 2. The molecule has 0 unspecified atom stereocenters. The van der Waals surface area contributed by atoms with Gasteiger partial charge in [0.1, 0.15) is 96.9 Å². The number of amides is 17. The molecule has 0 spiro atoms. The number of nitrogens with zero attached hydrogens (tertiary/aromatic N) is 6. The van der Waals surface area contributed by atoms with Gasteiger partial charge >= 0.3 is 11.9 Å². The monoisotopic (exact) mass is 2010 g/mol. The smallest absolute Gasteiger partial charge is 0.323 e. The first-order valence-corrected chi connectivity index (χ1v) is 50.4. The molecule has 20 N–H and O–H groups in total. The number of nitrogens with two attached hydrogens (primary N) is 2. The molecule has 3 aliphatic rings. The van der Waals surface area contributed by atoms with Crippen LogP contribution in [0, 0.1) is 5.92 Å². The van der Waals surface area contributed by atoms with Crippen molar-refractivity contribution < 1.29 is 117 Å². The van der Waals surface area contributed by atoms with Crippen LogP contribution in [0.25, 0.3) is 21.8 Å². The minimum absolute atomic E-state index is 0.00662. The number of primary amides is 2. The Morgan fingerprint density at radius 1 is 0.517 bits per heavy atom. The van der Waals surface area contributed by atoms with Gasteiger partial charge in [-0.25, -0.2) is 0 Å². The number of unbranched alkanes of at least 4 members (excludes halogenated alkanes) is 9. The third kappa shape index (κ3) is 34.0. The molecule has 15 atom stereocenters. The lowest BCUT2D eigenvalue weighted by Crippen LogP contribution is -2.61. The lowest BCUT2D eigenvalue weighted by molar-refractivity contribution is -0.149. The van der Waals surface area contributed by atoms with E-state index in [0.29, 0.717) is 83.4 Å². The number of carbonyl (C=O) groups excluding carboxylic acids is 17. The van der Waals surface area contributed by atoms with Crippen LogP contribution in [0.3, 0.4) is 0 Å². The van der Waals surface area contributed by atoms with E-state index in [1.165, 1.54) is 74.9 Å². The Balaban J connectivity index is 1.20. The number of likely N-dealkylation sites (N-methyl/N-ethyl adjacent to an activating group) is 3. The number of aromatic hydroxyl groups is 1. The number of aliphatic hydroxyl groups excluding tert-OH is 2. The molecule has 3 saturated heterocycles. The van der Waals surface area contributed by atoms with Gasteiger partial charge in [0.2, 0.25) is 100 Å². The summed E-state index contributed by atoms with van der Waals surface area (Å²) in [7, 11) is 3.91. The quantitative estimate of drug-likeness (QED) is 0.0253. The SMILES string of the molecule is CCCC[C@H]1C(=O)N(C)[C@@H](CCCC)C(=O)N[C@@H](CC(C)C)C(=O)N[C@H](C(=O)NCCCCCCCCCCC(=O)O)CSCC(=O)N[C@@H](Cc2ccc(O)cc2)C(=O)N(C)[C@@H](C)C(=O)N[C@@H](CC(N)=O)C(=O)N2CCC[C@H]2C(=O)N[C@@H](CC)C(=O)N[C@@H](CCC(N)=O)C(=O)N2C[C@H](O)C[C@H]2C(=O)N[C@@H](Cc2c[nH]c3ccccc23)C(=O)N[C@@H](CO)C(=O)N[C@@H](Cc2cn(CC(=O)O)c3ccccc23)C(=O)N1C. The Labute approximate surface area is 835 Å². The zero-order valence-corrected chi connectivity index (χ0v) is 83.7. The number of rotatable bonds is 35. The molecule has 5 heterocycles. The van der Waals surface area contributed by atoms with E-state index in [1.807, 2.05) is 13.8 Å². The fraction of sp³-hybridized carbons (Fsp3) is 0.586. The number of hydrogen-bond acceptors (Lipinski definition) is 23. The van der Waals surface area contributed by atoms with Crippen LogP contribution in [0.2, 0.25) is 0 Å². The number of para-hydroxylation sites is 2. The second-order valence-electron chi connectivity index (χ2n) is 37.5. The van der Waals surface area contributed by atoms with Gasteiger partial charge in [0.05, 0.1) is 24.9 Å². The average Bonchev–Trinajstić information content (AvgIpc) is 1.66. The predicted molar refractivity (Wildman–Crippen MR) is 528 cm³/mol. The summed E-state index contributed by atoms with van der Waals surface area (Å²) in [6.07, 6.45) is 5.66. The van der Waals surface area contributed by atoms with Gasteiger partial charge in [-0.05, 0) is 112 Å². The van der Waals surface area contributed by atoms with Gasteiger partial charge < -0.3 is 124 Å². The van der Waals surface area contributed by atoms with Crippen LogP contribution in [0.5, 0.6) is 5.75 Å². The van der Waals surface area contributed by atoms with E-state index in [4.69, 9.17) is 16.6 Å². The lowest BCUT2D eigenvalue weighted by atomic mass is 9.99. The molecule has 17 amide bonds. The number of aromatic amines is 1. The highest BCUT2D eigenvalue weighted by Crippen LogP contribution is 2.29. The highest BCUT2D eigenvalue weighted by molar-refractivity contribution is 8.00. The maximum absolute atomic E-state index is 15.9. The van der Waals surface area contributed by atoms with Gasteiger partial charge in [0.15, 0.2) is 0 Å². The van der Waals surface area contributed by atoms with E-state index in [-0.39, 0.29) is 88.3 Å². The number of aromatic nitrogens is 2. The highest BCUT2D eigenvalue weighted by atomic mass is 32.2. The van der Waals surface area contributed by atoms with Gasteiger partial charge in [0, 0.05) is 119 Å². The maximum atomic E-state index is 15.9. The fourth-order valence-electron chi connectivity index (χ4n) is 18.0. The number of aliphatic hydroxyl groups is 2. The van der Waals surface area contributed by atoms with Crippen molar-refractivity contribution in [3.8, 4) is 5.75 Å². The van der Waals surface area contributed by atoms with E-state index in [1.54, 1.807) is 68.6 Å². The number of carbonyl (C=O) groups is 19. The molecule has 0 radical (unpaired) electrons. The lowest BCUT2D eigenvalue weighted by Gasteiger charge is -2.36. The summed E-state index contributed by atoms with van der Waals surface area (Å²) in [5.41, 5.74) is 13.5. The van der Waals surface area contributed by atoms with E-state index in [0.717, 1.165) is 63.5 Å². The molecule has 784 valence electrons. The van der Waals surface area contributed by atoms with Gasteiger partial charge in [-0.15, -0.1) is 11.8 Å². The van der Waals surface area contributed by atoms with E-state index >= 15 is 38.4 Å². The molecule has 0 saturated carbocycles. The molecule has 143 heavy (non-hydrogen) atoms. The number of fused-ring (bicyclic) bond motifs is 4. The van der Waals surface area contributed by atoms with Gasteiger partial charge in [-0.3, -0.25) is 91.1 Å². The zero-order chi connectivity index (χ0) is 105. The number of phenols is 1. The molecule has 0 bridgehead atoms. The first-order chi connectivity index (χ1) is 68.1. The standard InChI is InChI=1S/C99H143N19O24S/c1-10-13-31-77-92(135)107-69(44-57(4)5)89(132)112-75(87(130)102-42-26-20-18-16-15-17-19-21-35-84(125)126)55-143-56-83(124)104-71(45-59-36-38-62(120)39-37-59)95(138)113(7)58(6)86(129)109-73(49-82(101)123)98(141)117-43-27-34-78(117)93(136)105-66(12-3)88(131)106-68(40-41-81(100)122)97(140)118-52-63(121)48-80(118)94(137)108-70(46-60-50-103-67-30-24-22-28-64(60)67)90(133)111-74(54-119)91(134)110-72(96(139)115(9)79(32-14-11-2)99(142)114(77)8)47-61-51-116(53-85(127)128)76-33-25-23-29-65(61)76/h22-25,28-30,33,36-39,50-51,57-58,63,66,68-75,77-80,103,119-121H,10-21,26-27,31-32,34-35,40-49,52-56H2,1-9H3,(H2,100,122)(H2,101,123)(H,102,130)(H,104,124)(H,105,136)(H,106,131)(H,107,135)(H,108,137)(H,109,129)(H,110,134)(H,111,133)(H,112,132)(H,125,126)(H,127,128)/t58-,63+,66-,68-,69-,70-,71-,72-,73-,74-,75-,77-,78-,79-,80-/m0/s1. The number of carboxylic acid groups (broad SMARTS) is 2. The Morgan fingerprint density at radius 2 is 1.07 bits per heavy atom. The summed E-state index contributed by atoms with van der Waals surface area (Å²) < 4.78 is 1.41. The van der Waals surface area contributed by atoms with E-state index < -0.39 is 261 Å². The number of phenolic OH excluding ortho intramolecular Hbond substituents is 1. The zero-order valence-electron chi connectivity index (χ0n) is 82.9. The normalized spacial score (nSPS) is 24.1. The first kappa shape index (κ1) is 115. The number of thioether (sulfide) groups is 1. The van der Waals surface area contributed by atoms with Gasteiger partial charge in [-0.1, -0.05) is 147 Å². The van der Waals surface area contributed by atoms with Crippen molar-refractivity contribution in [2.75, 3.05) is 58.9 Å². The van der Waals surface area contributed by atoms with Crippen LogP contribution in [0.4, 0.5) is 0 Å². The van der Waals surface area contributed by atoms with Crippen LogP contribution in [0.15, 0.2) is 85.2 Å². The molecular formula is C99H143N19O24S. The Morgan fingerprint density at radius 3 is 1.71 bits per heavy atom. The van der Waals surface area contributed by atoms with E-state index in [9.17, 15) is 73.2 Å². The Kier molecular flexibility index (Phi) is 45.5. The number of carboxylic acids is 2. The molecule has 3 fully saturated rings. The number of hydrogen-bond donors (Lipinski definition) is 18. The maximum Gasteiger partial charge on any atom is 0.323 e. The molecule has 2 aromatic heterocycles. The van der Waals surface area contributed by atoms with Crippen molar-refractivity contribution in [2.45, 2.75) is 306 Å². The molecule has 3 aliphatic heterocycles. The van der Waals surface area contributed by atoms with Crippen LogP contribution in [-0.4, -0.2) is 322 Å². The van der Waals surface area contributed by atoms with Crippen molar-refractivity contribution in [2.24, 2.45) is 17.4 Å². The summed E-state index contributed by atoms with van der Waals surface area (Å²) in [6.45, 7) is 7.76. The summed E-state index contributed by atoms with van der Waals surface area (Å²) in [5, 5.41) is 80.1. The molecule has 8 rings (SSSR count). The minimum atomic E-state index is -1.98. The highest BCUT2D eigenvalue weighted by Gasteiger charge is 2.47. The first-order valence-electron chi connectivity index (χ1n) is 49.3. The number of nitrogens with one attached hydrogen (secondary N) is 11. The molecular weight excluding hydrogens is 1870 g/mol. The van der Waals surface area contributed by atoms with Crippen LogP contribution >= 0.6 is 11.8 Å². The van der Waals surface area contributed by atoms with Crippen LogP contribution in [0.1, 0.15) is 206 Å². The van der Waals surface area contributed by atoms with Gasteiger partial charge in [-0.2, -0.15) is 0 Å². The summed E-state index contributed by atoms with van der Waals surface area (Å²) >= 11 is 0.881. The Bertz CT molecular complexity index is 5280. The van der Waals surface area contributed by atoms with Crippen molar-refractivity contribution in [3.63, 3.8) is 0 Å². The molecule has 44 heteroatoms. The fourth-order valence-corrected chi connectivity index (χ4v) is 18.9. The second kappa shape index (κ2) is 56.5. The summed E-state index contributed by atoms with van der Waals surface area (Å²) in [5.74, 6) is -19.3. The van der Waals surface area contributed by atoms with Crippen LogP contribution < -0.4 is 64.6 Å². The van der Waals surface area contributed by atoms with E-state index in [2.05, 4.69) is 58.2 Å².